The van der Waals surface area contributed by atoms with Gasteiger partial charge in [0.1, 0.15) is 21.6 Å². The van der Waals surface area contributed by atoms with Crippen molar-refractivity contribution in [3.63, 3.8) is 0 Å². The Morgan fingerprint density at radius 2 is 1.38 bits per heavy atom. The Morgan fingerprint density at radius 1 is 0.853 bits per heavy atom. The summed E-state index contributed by atoms with van der Waals surface area (Å²) < 4.78 is 5.05. The van der Waals surface area contributed by atoms with Crippen molar-refractivity contribution in [2.45, 2.75) is 33.1 Å². The zero-order valence-electron chi connectivity index (χ0n) is 20.2. The molecule has 4 aromatic rings. The van der Waals surface area contributed by atoms with E-state index >= 15 is 0 Å². The lowest BCUT2D eigenvalue weighted by atomic mass is 9.93. The standard InChI is InChI=1S/C28H29N2O2P.ClH/c1-20-13-12-18-23(19-20)33(21-14-8-6-9-15-21,22-16-10-7-11-17-22)26-24(28(2,3)4)29-25(30-26)27(31)32-5;/h6-19H,1-5H3;1H. The quantitative estimate of drug-likeness (QED) is 0.339. The first-order chi connectivity index (χ1) is 15.8. The van der Waals surface area contributed by atoms with Gasteiger partial charge < -0.3 is 22.1 Å². The number of aromatic nitrogens is 2. The Hall–Kier alpha value is -2.94. The average molecular weight is 493 g/mol. The fourth-order valence-corrected chi connectivity index (χ4v) is 8.89. The molecule has 1 N–H and O–H groups in total. The molecular weight excluding hydrogens is 463 g/mol. The van der Waals surface area contributed by atoms with E-state index in [-0.39, 0.29) is 23.6 Å². The van der Waals surface area contributed by atoms with Crippen LogP contribution in [-0.4, -0.2) is 23.0 Å². The summed E-state index contributed by atoms with van der Waals surface area (Å²) in [5.74, 6) is -0.225. The number of esters is 1. The summed E-state index contributed by atoms with van der Waals surface area (Å²) in [6.07, 6.45) is 0. The van der Waals surface area contributed by atoms with E-state index in [2.05, 4.69) is 105 Å². The van der Waals surface area contributed by atoms with Gasteiger partial charge in [0, 0.05) is 5.41 Å². The summed E-state index contributed by atoms with van der Waals surface area (Å²) in [7, 11) is -1.03. The summed E-state index contributed by atoms with van der Waals surface area (Å²) in [5, 5.41) is 3.62. The molecule has 0 saturated carbocycles. The average Bonchev–Trinajstić information content (AvgIpc) is 3.27. The van der Waals surface area contributed by atoms with Crippen LogP contribution in [0.15, 0.2) is 84.9 Å². The molecule has 0 aliphatic carbocycles. The number of aromatic amines is 1. The second-order valence-corrected chi connectivity index (χ2v) is 12.5. The monoisotopic (exact) mass is 492 g/mol. The van der Waals surface area contributed by atoms with Gasteiger partial charge in [-0.25, -0.2) is 9.78 Å². The van der Waals surface area contributed by atoms with Crippen molar-refractivity contribution in [1.82, 2.24) is 9.97 Å². The molecule has 0 aliphatic rings. The third-order valence-corrected chi connectivity index (χ3v) is 9.98. The van der Waals surface area contributed by atoms with E-state index in [1.807, 2.05) is 12.1 Å². The van der Waals surface area contributed by atoms with Crippen molar-refractivity contribution in [1.29, 1.82) is 0 Å². The smallest absolute Gasteiger partial charge is 0.374 e. The molecule has 176 valence electrons. The number of carbonyl (C=O) groups is 1. The number of nitrogens with zero attached hydrogens (tertiary/aromatic N) is 1. The van der Waals surface area contributed by atoms with Crippen molar-refractivity contribution in [3.8, 4) is 0 Å². The zero-order valence-corrected chi connectivity index (χ0v) is 21.8. The second-order valence-electron chi connectivity index (χ2n) is 9.21. The third-order valence-electron chi connectivity index (χ3n) is 5.79. The first kappa shape index (κ1) is 25.7. The number of benzene rings is 3. The molecule has 4 nitrogen and oxygen atoms in total. The number of methoxy groups -OCH3 is 1. The van der Waals surface area contributed by atoms with Crippen LogP contribution in [0.5, 0.6) is 0 Å². The van der Waals surface area contributed by atoms with E-state index in [0.717, 1.165) is 11.1 Å². The van der Waals surface area contributed by atoms with Gasteiger partial charge in [-0.3, -0.25) is 0 Å². The van der Waals surface area contributed by atoms with Crippen LogP contribution in [0.3, 0.4) is 0 Å². The normalized spacial score (nSPS) is 11.6. The lowest BCUT2D eigenvalue weighted by Gasteiger charge is -2.29. The van der Waals surface area contributed by atoms with Crippen molar-refractivity contribution < 1.29 is 21.9 Å². The number of H-pyrrole nitrogens is 1. The molecule has 0 radical (unpaired) electrons. The van der Waals surface area contributed by atoms with Crippen molar-refractivity contribution in [3.05, 3.63) is 102 Å². The Kier molecular flexibility index (Phi) is 7.65. The maximum absolute atomic E-state index is 12.6. The third kappa shape index (κ3) is 4.53. The fraction of sp³-hybridized carbons (Fsp3) is 0.214. The first-order valence-electron chi connectivity index (χ1n) is 11.1. The highest BCUT2D eigenvalue weighted by atomic mass is 35.5. The number of imidazole rings is 1. The molecular formula is C28H30ClN2O2P. The van der Waals surface area contributed by atoms with Crippen LogP contribution in [0.25, 0.3) is 0 Å². The molecule has 6 heteroatoms. The summed E-state index contributed by atoms with van der Waals surface area (Å²) in [4.78, 5) is 20.9. The molecule has 0 fully saturated rings. The lowest BCUT2D eigenvalue weighted by Crippen LogP contribution is -3.00. The van der Waals surface area contributed by atoms with E-state index in [0.29, 0.717) is 0 Å². The Morgan fingerprint density at radius 3 is 1.85 bits per heavy atom. The number of carbonyl (C=O) groups excluding carboxylic acids is 1. The molecule has 3 aromatic carbocycles. The summed E-state index contributed by atoms with van der Waals surface area (Å²) >= 11 is 0. The van der Waals surface area contributed by atoms with Crippen LogP contribution in [0.1, 0.15) is 42.6 Å². The van der Waals surface area contributed by atoms with Gasteiger partial charge in [-0.2, -0.15) is 0 Å². The van der Waals surface area contributed by atoms with Crippen LogP contribution in [-0.2, 0) is 10.2 Å². The molecule has 0 saturated heterocycles. The van der Waals surface area contributed by atoms with Gasteiger partial charge in [-0.1, -0.05) is 69.3 Å². The lowest BCUT2D eigenvalue weighted by molar-refractivity contribution is -0.0000215. The minimum atomic E-state index is -2.42. The number of ether oxygens (including phenoxy) is 1. The fourth-order valence-electron chi connectivity index (χ4n) is 4.30. The minimum absolute atomic E-state index is 0. The van der Waals surface area contributed by atoms with Gasteiger partial charge in [0.05, 0.1) is 7.11 Å². The highest BCUT2D eigenvalue weighted by molar-refractivity contribution is 8.01. The van der Waals surface area contributed by atoms with E-state index in [9.17, 15) is 4.79 Å². The summed E-state index contributed by atoms with van der Waals surface area (Å²) in [6.45, 7) is 8.52. The van der Waals surface area contributed by atoms with Gasteiger partial charge in [0.25, 0.3) is 0 Å². The van der Waals surface area contributed by atoms with Crippen molar-refractivity contribution in [2.24, 2.45) is 0 Å². The minimum Gasteiger partial charge on any atom is -1.00 e. The number of nitrogens with one attached hydrogen (secondary N) is 1. The molecule has 1 heterocycles. The molecule has 1 aromatic heterocycles. The van der Waals surface area contributed by atoms with Crippen LogP contribution >= 0.6 is 7.26 Å². The van der Waals surface area contributed by atoms with E-state index in [1.165, 1.54) is 28.6 Å². The topological polar surface area (TPSA) is 55.0 Å². The highest BCUT2D eigenvalue weighted by Crippen LogP contribution is 2.55. The molecule has 0 unspecified atom stereocenters. The van der Waals surface area contributed by atoms with Crippen LogP contribution in [0.4, 0.5) is 0 Å². The van der Waals surface area contributed by atoms with Gasteiger partial charge in [-0.05, 0) is 48.9 Å². The molecule has 4 rings (SSSR count). The number of rotatable bonds is 5. The largest absolute Gasteiger partial charge is 1.00 e. The van der Waals surface area contributed by atoms with E-state index in [1.54, 1.807) is 0 Å². The van der Waals surface area contributed by atoms with Crippen molar-refractivity contribution in [2.75, 3.05) is 7.11 Å². The van der Waals surface area contributed by atoms with Crippen molar-refractivity contribution >= 4 is 34.6 Å². The molecule has 0 amide bonds. The number of hydrogen-bond acceptors (Lipinski definition) is 3. The molecule has 34 heavy (non-hydrogen) atoms. The van der Waals surface area contributed by atoms with Crippen LogP contribution < -0.4 is 33.8 Å². The molecule has 0 bridgehead atoms. The molecule has 0 atom stereocenters. The SMILES string of the molecule is COC(=O)c1nc(C(C)(C)C)c([P+](c2ccccc2)(c2ccccc2)c2cccc(C)c2)[nH]1.[Cl-]. The number of halogens is 1. The van der Waals surface area contributed by atoms with Gasteiger partial charge >= 0.3 is 5.97 Å². The summed E-state index contributed by atoms with van der Waals surface area (Å²) in [6, 6.07) is 29.8. The van der Waals surface area contributed by atoms with Crippen LogP contribution in [0, 0.1) is 6.92 Å². The maximum atomic E-state index is 12.6. The number of hydrogen-bond donors (Lipinski definition) is 1. The van der Waals surface area contributed by atoms with E-state index < -0.39 is 13.2 Å². The van der Waals surface area contributed by atoms with E-state index in [4.69, 9.17) is 9.72 Å². The zero-order chi connectivity index (χ0) is 23.6. The Labute approximate surface area is 208 Å². The molecule has 0 spiro atoms. The predicted octanol–water partition coefficient (Wildman–Crippen LogP) is 1.43. The first-order valence-corrected chi connectivity index (χ1v) is 12.8. The second kappa shape index (κ2) is 10.1. The maximum Gasteiger partial charge on any atom is 0.374 e. The highest BCUT2D eigenvalue weighted by Gasteiger charge is 2.53. The Bertz CT molecular complexity index is 1230. The Balaban J connectivity index is 0.00000324. The van der Waals surface area contributed by atoms with Gasteiger partial charge in [0.2, 0.25) is 11.3 Å². The van der Waals surface area contributed by atoms with Gasteiger partial charge in [-0.15, -0.1) is 0 Å². The number of aryl methyl sites for hydroxylation is 1. The predicted molar refractivity (Wildman–Crippen MR) is 138 cm³/mol. The van der Waals surface area contributed by atoms with Crippen LogP contribution in [0.2, 0.25) is 0 Å². The summed E-state index contributed by atoms with van der Waals surface area (Å²) in [5.41, 5.74) is 2.76. The van der Waals surface area contributed by atoms with Gasteiger partial charge in [0.15, 0.2) is 7.26 Å². The molecule has 0 aliphatic heterocycles.